The fraction of sp³-hybridized carbons (Fsp3) is 0.304. The minimum Gasteiger partial charge on any atom is -0.497 e. The molecule has 144 valence electrons. The summed E-state index contributed by atoms with van der Waals surface area (Å²) in [5, 5.41) is 0. The molecule has 0 aliphatic carbocycles. The first-order valence-electron chi connectivity index (χ1n) is 9.74. The van der Waals surface area contributed by atoms with Gasteiger partial charge in [-0.1, -0.05) is 24.3 Å². The predicted octanol–water partition coefficient (Wildman–Crippen LogP) is 3.80. The van der Waals surface area contributed by atoms with Crippen LogP contribution in [0.15, 0.2) is 60.7 Å². The van der Waals surface area contributed by atoms with E-state index in [4.69, 9.17) is 14.2 Å². The van der Waals surface area contributed by atoms with E-state index in [9.17, 15) is 0 Å². The lowest BCUT2D eigenvalue weighted by atomic mass is 10.0. The molecule has 0 bridgehead atoms. The molecule has 3 heterocycles. The number of ether oxygens (including phenoxy) is 3. The molecule has 0 saturated carbocycles. The van der Waals surface area contributed by atoms with Gasteiger partial charge in [0.05, 0.1) is 31.7 Å². The number of morpholine rings is 1. The average Bonchev–Trinajstić information content (AvgIpc) is 3.18. The Hall–Kier alpha value is -2.76. The molecule has 2 aromatic carbocycles. The first-order chi connectivity index (χ1) is 13.8. The van der Waals surface area contributed by atoms with Crippen molar-refractivity contribution in [3.05, 3.63) is 77.6 Å². The molecule has 28 heavy (non-hydrogen) atoms. The van der Waals surface area contributed by atoms with Crippen molar-refractivity contribution in [1.29, 1.82) is 0 Å². The van der Waals surface area contributed by atoms with Gasteiger partial charge in [-0.05, 0) is 42.0 Å². The molecule has 3 aromatic rings. The van der Waals surface area contributed by atoms with Crippen molar-refractivity contribution in [2.45, 2.75) is 12.6 Å². The van der Waals surface area contributed by atoms with Gasteiger partial charge >= 0.3 is 0 Å². The van der Waals surface area contributed by atoms with Gasteiger partial charge in [0.15, 0.2) is 6.10 Å². The lowest BCUT2D eigenvalue weighted by Gasteiger charge is -2.31. The van der Waals surface area contributed by atoms with E-state index in [1.165, 1.54) is 5.69 Å². The van der Waals surface area contributed by atoms with Crippen molar-refractivity contribution in [1.82, 2.24) is 9.47 Å². The lowest BCUT2D eigenvalue weighted by Crippen LogP contribution is -2.36. The van der Waals surface area contributed by atoms with Gasteiger partial charge in [-0.25, -0.2) is 0 Å². The number of hydrogen-bond donors (Lipinski definition) is 0. The fourth-order valence-corrected chi connectivity index (χ4v) is 4.05. The summed E-state index contributed by atoms with van der Waals surface area (Å²) in [4.78, 5) is 2.45. The van der Waals surface area contributed by atoms with Crippen LogP contribution in [0.2, 0.25) is 0 Å². The molecule has 0 spiro atoms. The second kappa shape index (κ2) is 7.34. The molecule has 2 aliphatic heterocycles. The molecule has 2 aliphatic rings. The summed E-state index contributed by atoms with van der Waals surface area (Å²) in [6, 6.07) is 20.8. The number of aromatic nitrogens is 1. The summed E-state index contributed by atoms with van der Waals surface area (Å²) >= 11 is 0. The lowest BCUT2D eigenvalue weighted by molar-refractivity contribution is 0.0333. The van der Waals surface area contributed by atoms with Crippen molar-refractivity contribution in [3.63, 3.8) is 0 Å². The summed E-state index contributed by atoms with van der Waals surface area (Å²) in [6.45, 7) is 4.47. The van der Waals surface area contributed by atoms with Gasteiger partial charge in [0.25, 0.3) is 0 Å². The standard InChI is InChI=1S/C23H24N2O3/c1-26-19-9-6-17(7-10-19)23-21-11-8-18(16-24-12-14-27-15-13-24)25(21)20-4-2-3-5-22(20)28-23/h2-11,23H,12-16H2,1H3. The Balaban J connectivity index is 1.55. The van der Waals surface area contributed by atoms with Crippen LogP contribution in [-0.2, 0) is 11.3 Å². The van der Waals surface area contributed by atoms with E-state index >= 15 is 0 Å². The van der Waals surface area contributed by atoms with E-state index in [0.717, 1.165) is 61.3 Å². The normalized spacial score (nSPS) is 18.8. The van der Waals surface area contributed by atoms with Crippen LogP contribution in [0, 0.1) is 0 Å². The molecule has 1 fully saturated rings. The number of benzene rings is 2. The molecule has 1 saturated heterocycles. The largest absolute Gasteiger partial charge is 0.497 e. The first-order valence-corrected chi connectivity index (χ1v) is 9.74. The van der Waals surface area contributed by atoms with E-state index in [0.29, 0.717) is 0 Å². The molecule has 5 nitrogen and oxygen atoms in total. The molecular weight excluding hydrogens is 352 g/mol. The Bertz CT molecular complexity index is 958. The van der Waals surface area contributed by atoms with Crippen LogP contribution in [-0.4, -0.2) is 42.9 Å². The molecule has 0 N–H and O–H groups in total. The van der Waals surface area contributed by atoms with Crippen molar-refractivity contribution in [2.75, 3.05) is 33.4 Å². The molecule has 1 aromatic heterocycles. The first kappa shape index (κ1) is 17.3. The zero-order chi connectivity index (χ0) is 18.9. The molecule has 5 rings (SSSR count). The highest BCUT2D eigenvalue weighted by Crippen LogP contribution is 2.40. The summed E-state index contributed by atoms with van der Waals surface area (Å²) < 4.78 is 19.6. The van der Waals surface area contributed by atoms with Gasteiger partial charge in [0.2, 0.25) is 0 Å². The number of para-hydroxylation sites is 2. The van der Waals surface area contributed by atoms with E-state index in [2.05, 4.69) is 45.9 Å². The maximum Gasteiger partial charge on any atom is 0.164 e. The van der Waals surface area contributed by atoms with Crippen LogP contribution < -0.4 is 9.47 Å². The van der Waals surface area contributed by atoms with Gasteiger partial charge in [-0.3, -0.25) is 4.90 Å². The van der Waals surface area contributed by atoms with E-state index < -0.39 is 0 Å². The molecular formula is C23H24N2O3. The third kappa shape index (κ3) is 3.07. The van der Waals surface area contributed by atoms with Crippen LogP contribution in [0.1, 0.15) is 23.1 Å². The zero-order valence-electron chi connectivity index (χ0n) is 16.0. The minimum atomic E-state index is -0.140. The Kier molecular flexibility index (Phi) is 4.55. The van der Waals surface area contributed by atoms with Crippen LogP contribution in [0.5, 0.6) is 11.5 Å². The van der Waals surface area contributed by atoms with Crippen LogP contribution in [0.3, 0.4) is 0 Å². The predicted molar refractivity (Wildman–Crippen MR) is 107 cm³/mol. The number of methoxy groups -OCH3 is 1. The van der Waals surface area contributed by atoms with Gasteiger partial charge < -0.3 is 18.8 Å². The van der Waals surface area contributed by atoms with E-state index in [1.807, 2.05) is 24.3 Å². The molecule has 1 atom stereocenters. The molecule has 0 radical (unpaired) electrons. The Morgan fingerprint density at radius 1 is 0.964 bits per heavy atom. The van der Waals surface area contributed by atoms with Crippen LogP contribution in [0.4, 0.5) is 0 Å². The highest BCUT2D eigenvalue weighted by molar-refractivity contribution is 5.54. The number of nitrogens with zero attached hydrogens (tertiary/aromatic N) is 2. The maximum absolute atomic E-state index is 6.43. The van der Waals surface area contributed by atoms with E-state index in [1.54, 1.807) is 7.11 Å². The number of hydrogen-bond acceptors (Lipinski definition) is 4. The quantitative estimate of drug-likeness (QED) is 0.694. The Labute approximate surface area is 165 Å². The van der Waals surface area contributed by atoms with Gasteiger partial charge in [0, 0.05) is 25.3 Å². The number of rotatable bonds is 4. The number of fused-ring (bicyclic) bond motifs is 3. The monoisotopic (exact) mass is 376 g/mol. The average molecular weight is 376 g/mol. The van der Waals surface area contributed by atoms with Crippen molar-refractivity contribution < 1.29 is 14.2 Å². The van der Waals surface area contributed by atoms with E-state index in [-0.39, 0.29) is 6.10 Å². The minimum absolute atomic E-state index is 0.140. The summed E-state index contributed by atoms with van der Waals surface area (Å²) in [5.74, 6) is 1.76. The van der Waals surface area contributed by atoms with Crippen LogP contribution >= 0.6 is 0 Å². The maximum atomic E-state index is 6.43. The van der Waals surface area contributed by atoms with Gasteiger partial charge in [-0.2, -0.15) is 0 Å². The summed E-state index contributed by atoms with van der Waals surface area (Å²) in [7, 11) is 1.69. The molecule has 0 amide bonds. The highest BCUT2D eigenvalue weighted by atomic mass is 16.5. The van der Waals surface area contributed by atoms with Crippen molar-refractivity contribution >= 4 is 0 Å². The highest BCUT2D eigenvalue weighted by Gasteiger charge is 2.29. The Morgan fingerprint density at radius 3 is 2.54 bits per heavy atom. The molecule has 5 heteroatoms. The second-order valence-corrected chi connectivity index (χ2v) is 7.21. The third-order valence-corrected chi connectivity index (χ3v) is 5.52. The third-order valence-electron chi connectivity index (χ3n) is 5.52. The molecule has 1 unspecified atom stereocenters. The second-order valence-electron chi connectivity index (χ2n) is 7.21. The van der Waals surface area contributed by atoms with Crippen molar-refractivity contribution in [2.24, 2.45) is 0 Å². The van der Waals surface area contributed by atoms with Gasteiger partial charge in [-0.15, -0.1) is 0 Å². The fourth-order valence-electron chi connectivity index (χ4n) is 4.05. The topological polar surface area (TPSA) is 35.9 Å². The smallest absolute Gasteiger partial charge is 0.164 e. The zero-order valence-corrected chi connectivity index (χ0v) is 16.0. The van der Waals surface area contributed by atoms with Crippen LogP contribution in [0.25, 0.3) is 5.69 Å². The summed E-state index contributed by atoms with van der Waals surface area (Å²) in [5.41, 5.74) is 4.67. The Morgan fingerprint density at radius 2 is 1.75 bits per heavy atom. The SMILES string of the molecule is COc1ccc(C2Oc3ccccc3-n3c(CN4CCOCC4)ccc32)cc1. The summed E-state index contributed by atoms with van der Waals surface area (Å²) in [6.07, 6.45) is -0.140. The van der Waals surface area contributed by atoms with Gasteiger partial charge in [0.1, 0.15) is 11.5 Å². The van der Waals surface area contributed by atoms with Crippen molar-refractivity contribution in [3.8, 4) is 17.2 Å².